The fourth-order valence-electron chi connectivity index (χ4n) is 1.18. The van der Waals surface area contributed by atoms with Crippen molar-refractivity contribution < 1.29 is 17.2 Å². The average molecular weight is 420 g/mol. The third-order valence-electron chi connectivity index (χ3n) is 1.95. The predicted molar refractivity (Wildman–Crippen MR) is 84.7 cm³/mol. The maximum atomic E-state index is 13.2. The first kappa shape index (κ1) is 19.0. The highest BCUT2D eigenvalue weighted by Crippen LogP contribution is 2.14. The standard InChI is InChI=1S/C10H14F2N4O2S.HI/c1-19(17,18)15-5-4-14-10(13)16-9-6-7(11)2-3-8(9)12;/h2-3,6,15H,4-5H2,1H3,(H3,13,14,16);1H. The molecule has 0 atom stereocenters. The fraction of sp³-hybridized carbons (Fsp3) is 0.300. The SMILES string of the molecule is CS(=O)(=O)NCCN=C(N)Nc1cc(F)ccc1F.I. The molecule has 0 heterocycles. The number of nitrogens with two attached hydrogens (primary N) is 1. The van der Waals surface area contributed by atoms with E-state index in [9.17, 15) is 17.2 Å². The van der Waals surface area contributed by atoms with Crippen LogP contribution in [-0.4, -0.2) is 33.7 Å². The van der Waals surface area contributed by atoms with Gasteiger partial charge in [-0.15, -0.1) is 24.0 Å². The van der Waals surface area contributed by atoms with Gasteiger partial charge in [-0.2, -0.15) is 0 Å². The summed E-state index contributed by atoms with van der Waals surface area (Å²) < 4.78 is 49.8. The Bertz CT molecular complexity index is 581. The summed E-state index contributed by atoms with van der Waals surface area (Å²) in [5.74, 6) is -1.43. The highest BCUT2D eigenvalue weighted by Gasteiger charge is 2.04. The molecule has 0 aliphatic heterocycles. The molecular weight excluding hydrogens is 405 g/mol. The van der Waals surface area contributed by atoms with Crippen molar-refractivity contribution in [3.8, 4) is 0 Å². The van der Waals surface area contributed by atoms with E-state index in [0.717, 1.165) is 24.5 Å². The molecular formula is C10H15F2IN4O2S. The molecule has 0 amide bonds. The summed E-state index contributed by atoms with van der Waals surface area (Å²) in [6.07, 6.45) is 1.01. The van der Waals surface area contributed by atoms with E-state index in [4.69, 9.17) is 5.73 Å². The van der Waals surface area contributed by atoms with Crippen molar-refractivity contribution in [1.29, 1.82) is 0 Å². The molecule has 1 aromatic rings. The Labute approximate surface area is 132 Å². The van der Waals surface area contributed by atoms with E-state index in [1.807, 2.05) is 0 Å². The van der Waals surface area contributed by atoms with Gasteiger partial charge in [-0.05, 0) is 12.1 Å². The molecule has 0 spiro atoms. The second kappa shape index (κ2) is 8.32. The largest absolute Gasteiger partial charge is 0.370 e. The molecule has 6 nitrogen and oxygen atoms in total. The molecule has 0 fully saturated rings. The molecule has 10 heteroatoms. The second-order valence-corrected chi connectivity index (χ2v) is 5.52. The number of halogens is 3. The molecule has 0 saturated heterocycles. The third kappa shape index (κ3) is 7.55. The van der Waals surface area contributed by atoms with Gasteiger partial charge in [0.2, 0.25) is 10.0 Å². The van der Waals surface area contributed by atoms with Gasteiger partial charge >= 0.3 is 0 Å². The van der Waals surface area contributed by atoms with Crippen LogP contribution in [0.25, 0.3) is 0 Å². The van der Waals surface area contributed by atoms with Crippen LogP contribution in [0.4, 0.5) is 14.5 Å². The summed E-state index contributed by atoms with van der Waals surface area (Å²) in [7, 11) is -3.28. The lowest BCUT2D eigenvalue weighted by Gasteiger charge is -2.07. The first-order valence-electron chi connectivity index (χ1n) is 5.24. The van der Waals surface area contributed by atoms with Crippen molar-refractivity contribution in [2.24, 2.45) is 10.7 Å². The Hall–Kier alpha value is -1.01. The zero-order valence-corrected chi connectivity index (χ0v) is 13.7. The Kier molecular flexibility index (Phi) is 7.90. The van der Waals surface area contributed by atoms with E-state index < -0.39 is 21.7 Å². The van der Waals surface area contributed by atoms with Gasteiger partial charge < -0.3 is 11.1 Å². The van der Waals surface area contributed by atoms with Crippen molar-refractivity contribution in [1.82, 2.24) is 4.72 Å². The van der Waals surface area contributed by atoms with Crippen molar-refractivity contribution >= 4 is 45.6 Å². The molecule has 1 rings (SSSR count). The number of sulfonamides is 1. The third-order valence-corrected chi connectivity index (χ3v) is 2.68. The van der Waals surface area contributed by atoms with Gasteiger partial charge in [0, 0.05) is 12.6 Å². The number of anilines is 1. The zero-order valence-electron chi connectivity index (χ0n) is 10.6. The van der Waals surface area contributed by atoms with Crippen LogP contribution >= 0.6 is 24.0 Å². The van der Waals surface area contributed by atoms with Gasteiger partial charge in [0.1, 0.15) is 11.6 Å². The van der Waals surface area contributed by atoms with E-state index in [-0.39, 0.29) is 48.7 Å². The molecule has 0 saturated carbocycles. The summed E-state index contributed by atoms with van der Waals surface area (Å²) in [5, 5.41) is 2.38. The van der Waals surface area contributed by atoms with Gasteiger partial charge in [-0.3, -0.25) is 4.99 Å². The zero-order chi connectivity index (χ0) is 14.5. The number of benzene rings is 1. The molecule has 0 radical (unpaired) electrons. The maximum absolute atomic E-state index is 13.2. The lowest BCUT2D eigenvalue weighted by Crippen LogP contribution is -2.28. The first-order chi connectivity index (χ1) is 8.78. The lowest BCUT2D eigenvalue weighted by molar-refractivity contribution is 0.588. The minimum absolute atomic E-state index is 0. The number of rotatable bonds is 5. The average Bonchev–Trinajstić information content (AvgIpc) is 2.28. The molecule has 4 N–H and O–H groups in total. The van der Waals surface area contributed by atoms with Crippen LogP contribution in [0.2, 0.25) is 0 Å². The van der Waals surface area contributed by atoms with Crippen molar-refractivity contribution in [3.63, 3.8) is 0 Å². The summed E-state index contributed by atoms with van der Waals surface area (Å²) in [6.45, 7) is 0.135. The van der Waals surface area contributed by atoms with Gasteiger partial charge in [0.25, 0.3) is 0 Å². The molecule has 0 unspecified atom stereocenters. The molecule has 20 heavy (non-hydrogen) atoms. The van der Waals surface area contributed by atoms with Crippen molar-refractivity contribution in [3.05, 3.63) is 29.8 Å². The van der Waals surface area contributed by atoms with E-state index >= 15 is 0 Å². The minimum Gasteiger partial charge on any atom is -0.370 e. The number of hydrogen-bond donors (Lipinski definition) is 3. The molecule has 114 valence electrons. The first-order valence-corrected chi connectivity index (χ1v) is 7.14. The Morgan fingerprint density at radius 2 is 2.05 bits per heavy atom. The molecule has 0 aliphatic rings. The monoisotopic (exact) mass is 420 g/mol. The normalized spacial score (nSPS) is 11.8. The van der Waals surface area contributed by atoms with Crippen molar-refractivity contribution in [2.75, 3.05) is 24.7 Å². The van der Waals surface area contributed by atoms with Crippen LogP contribution in [-0.2, 0) is 10.0 Å². The highest BCUT2D eigenvalue weighted by molar-refractivity contribution is 14.0. The highest BCUT2D eigenvalue weighted by atomic mass is 127. The predicted octanol–water partition coefficient (Wildman–Crippen LogP) is 0.859. The Morgan fingerprint density at radius 3 is 2.65 bits per heavy atom. The summed E-state index contributed by atoms with van der Waals surface area (Å²) >= 11 is 0. The van der Waals surface area contributed by atoms with E-state index in [0.29, 0.717) is 0 Å². The van der Waals surface area contributed by atoms with Crippen LogP contribution in [0.15, 0.2) is 23.2 Å². The number of hydrogen-bond acceptors (Lipinski definition) is 3. The molecule has 0 bridgehead atoms. The van der Waals surface area contributed by atoms with Gasteiger partial charge in [0.05, 0.1) is 18.5 Å². The maximum Gasteiger partial charge on any atom is 0.208 e. The minimum atomic E-state index is -3.28. The van der Waals surface area contributed by atoms with Gasteiger partial charge in [-0.1, -0.05) is 0 Å². The van der Waals surface area contributed by atoms with Crippen LogP contribution in [0.1, 0.15) is 0 Å². The molecule has 1 aromatic carbocycles. The van der Waals surface area contributed by atoms with Crippen molar-refractivity contribution in [2.45, 2.75) is 0 Å². The number of nitrogens with one attached hydrogen (secondary N) is 2. The van der Waals surface area contributed by atoms with Gasteiger partial charge in [-0.25, -0.2) is 21.9 Å². The second-order valence-electron chi connectivity index (χ2n) is 3.68. The quantitative estimate of drug-likeness (QED) is 0.285. The molecule has 0 aliphatic carbocycles. The summed E-state index contributed by atoms with van der Waals surface area (Å²) in [5.41, 5.74) is 5.31. The number of guanidine groups is 1. The van der Waals surface area contributed by atoms with E-state index in [2.05, 4.69) is 15.0 Å². The summed E-state index contributed by atoms with van der Waals surface area (Å²) in [6, 6.07) is 2.87. The van der Waals surface area contributed by atoms with E-state index in [1.54, 1.807) is 0 Å². The smallest absolute Gasteiger partial charge is 0.208 e. The fourth-order valence-corrected chi connectivity index (χ4v) is 1.64. The van der Waals surface area contributed by atoms with Crippen LogP contribution in [0.3, 0.4) is 0 Å². The lowest BCUT2D eigenvalue weighted by atomic mass is 10.3. The summed E-state index contributed by atoms with van der Waals surface area (Å²) in [4.78, 5) is 3.76. The number of nitrogens with zero attached hydrogens (tertiary/aromatic N) is 1. The van der Waals surface area contributed by atoms with Crippen LogP contribution < -0.4 is 15.8 Å². The molecule has 0 aromatic heterocycles. The Balaban J connectivity index is 0.00000361. The van der Waals surface area contributed by atoms with E-state index in [1.165, 1.54) is 0 Å². The van der Waals surface area contributed by atoms with Crippen LogP contribution in [0.5, 0.6) is 0 Å². The van der Waals surface area contributed by atoms with Gasteiger partial charge in [0.15, 0.2) is 5.96 Å². The number of aliphatic imine (C=N–C) groups is 1. The van der Waals surface area contributed by atoms with Crippen LogP contribution in [0, 0.1) is 11.6 Å². The Morgan fingerprint density at radius 1 is 1.40 bits per heavy atom. The topological polar surface area (TPSA) is 96.6 Å².